The molecule has 1 aliphatic carbocycles. The molecule has 0 saturated carbocycles. The third-order valence-corrected chi connectivity index (χ3v) is 4.07. The highest BCUT2D eigenvalue weighted by Gasteiger charge is 2.11. The van der Waals surface area contributed by atoms with Crippen molar-refractivity contribution in [2.45, 2.75) is 39.3 Å². The van der Waals surface area contributed by atoms with Crippen molar-refractivity contribution in [3.63, 3.8) is 0 Å². The number of aromatic nitrogens is 3. The molecule has 0 aliphatic heterocycles. The van der Waals surface area contributed by atoms with E-state index in [9.17, 15) is 0 Å². The van der Waals surface area contributed by atoms with Crippen molar-refractivity contribution in [3.8, 4) is 5.82 Å². The highest BCUT2D eigenvalue weighted by atomic mass is 127. The van der Waals surface area contributed by atoms with Crippen LogP contribution in [0, 0.1) is 13.8 Å². The number of halogens is 1. The Hall–Kier alpha value is -1.90. The number of guanidine groups is 1. The molecule has 1 aliphatic rings. The first kappa shape index (κ1) is 19.4. The van der Waals surface area contributed by atoms with Crippen LogP contribution in [0.5, 0.6) is 0 Å². The number of nitrogens with zero attached hydrogens (tertiary/aromatic N) is 4. The summed E-state index contributed by atoms with van der Waals surface area (Å²) in [5.41, 5.74) is 3.18. The van der Waals surface area contributed by atoms with Crippen molar-refractivity contribution < 1.29 is 0 Å². The van der Waals surface area contributed by atoms with Gasteiger partial charge in [0.05, 0.1) is 5.69 Å². The Bertz CT molecular complexity index is 739. The molecule has 0 atom stereocenters. The largest absolute Gasteiger partial charge is 0.353 e. The molecular formula is C18H25IN6. The second-order valence-electron chi connectivity index (χ2n) is 6.07. The predicted molar refractivity (Wildman–Crippen MR) is 112 cm³/mol. The van der Waals surface area contributed by atoms with Crippen LogP contribution in [-0.4, -0.2) is 33.8 Å². The highest BCUT2D eigenvalue weighted by molar-refractivity contribution is 14.0. The summed E-state index contributed by atoms with van der Waals surface area (Å²) in [6.45, 7) is 4.70. The molecular weight excluding hydrogens is 427 g/mol. The maximum Gasteiger partial charge on any atom is 0.191 e. The van der Waals surface area contributed by atoms with E-state index in [1.807, 2.05) is 36.9 Å². The molecule has 2 aromatic heterocycles. The van der Waals surface area contributed by atoms with Crippen LogP contribution >= 0.6 is 24.0 Å². The highest BCUT2D eigenvalue weighted by Crippen LogP contribution is 2.11. The van der Waals surface area contributed by atoms with Gasteiger partial charge < -0.3 is 10.6 Å². The van der Waals surface area contributed by atoms with E-state index < -0.39 is 0 Å². The van der Waals surface area contributed by atoms with Gasteiger partial charge in [0.15, 0.2) is 11.8 Å². The van der Waals surface area contributed by atoms with Crippen molar-refractivity contribution in [2.75, 3.05) is 7.05 Å². The van der Waals surface area contributed by atoms with Gasteiger partial charge in [0.1, 0.15) is 0 Å². The monoisotopic (exact) mass is 452 g/mol. The number of nitrogens with one attached hydrogen (secondary N) is 2. The summed E-state index contributed by atoms with van der Waals surface area (Å²) in [6.07, 6.45) is 8.39. The fourth-order valence-electron chi connectivity index (χ4n) is 2.82. The Kier molecular flexibility index (Phi) is 6.98. The Morgan fingerprint density at radius 3 is 2.60 bits per heavy atom. The first-order chi connectivity index (χ1) is 11.7. The second kappa shape index (κ2) is 8.98. The SMILES string of the molecule is CN=C(NCc1ccc(-n2nc(C)cc2C)nc1)NC1CC=CC1.I. The van der Waals surface area contributed by atoms with E-state index in [1.165, 1.54) is 0 Å². The van der Waals surface area contributed by atoms with E-state index in [0.29, 0.717) is 12.6 Å². The molecule has 0 bridgehead atoms. The quantitative estimate of drug-likeness (QED) is 0.324. The second-order valence-corrected chi connectivity index (χ2v) is 6.07. The van der Waals surface area contributed by atoms with Crippen LogP contribution in [0.1, 0.15) is 29.8 Å². The van der Waals surface area contributed by atoms with Gasteiger partial charge in [-0.2, -0.15) is 5.10 Å². The van der Waals surface area contributed by atoms with Crippen molar-refractivity contribution in [3.05, 3.63) is 53.5 Å². The molecule has 6 nitrogen and oxygen atoms in total. The van der Waals surface area contributed by atoms with E-state index in [1.54, 1.807) is 7.05 Å². The molecule has 0 spiro atoms. The molecule has 0 unspecified atom stereocenters. The van der Waals surface area contributed by atoms with Crippen molar-refractivity contribution in [2.24, 2.45) is 4.99 Å². The lowest BCUT2D eigenvalue weighted by Gasteiger charge is -2.17. The topological polar surface area (TPSA) is 67.1 Å². The molecule has 134 valence electrons. The van der Waals surface area contributed by atoms with Gasteiger partial charge in [0.25, 0.3) is 0 Å². The maximum absolute atomic E-state index is 4.52. The van der Waals surface area contributed by atoms with Crippen molar-refractivity contribution >= 4 is 29.9 Å². The summed E-state index contributed by atoms with van der Waals surface area (Å²) in [6, 6.07) is 6.55. The van der Waals surface area contributed by atoms with E-state index in [-0.39, 0.29) is 24.0 Å². The average molecular weight is 452 g/mol. The van der Waals surface area contributed by atoms with Gasteiger partial charge in [-0.05, 0) is 44.4 Å². The fourth-order valence-corrected chi connectivity index (χ4v) is 2.82. The molecule has 0 aromatic carbocycles. The van der Waals surface area contributed by atoms with Crippen LogP contribution in [0.3, 0.4) is 0 Å². The lowest BCUT2D eigenvalue weighted by molar-refractivity contribution is 0.633. The van der Waals surface area contributed by atoms with E-state index in [4.69, 9.17) is 0 Å². The molecule has 2 aromatic rings. The molecule has 3 rings (SSSR count). The average Bonchev–Trinajstić information content (AvgIpc) is 3.21. The zero-order valence-corrected chi connectivity index (χ0v) is 17.2. The van der Waals surface area contributed by atoms with Gasteiger partial charge >= 0.3 is 0 Å². The number of pyridine rings is 1. The minimum absolute atomic E-state index is 0. The van der Waals surface area contributed by atoms with Gasteiger partial charge in [-0.25, -0.2) is 9.67 Å². The number of rotatable bonds is 4. The molecule has 0 saturated heterocycles. The van der Waals surface area contributed by atoms with Crippen molar-refractivity contribution in [1.82, 2.24) is 25.4 Å². The summed E-state index contributed by atoms with van der Waals surface area (Å²) in [5, 5.41) is 11.2. The van der Waals surface area contributed by atoms with E-state index >= 15 is 0 Å². The number of aliphatic imine (C=N–C) groups is 1. The smallest absolute Gasteiger partial charge is 0.191 e. The molecule has 25 heavy (non-hydrogen) atoms. The Labute approximate surface area is 165 Å². The summed E-state index contributed by atoms with van der Waals surface area (Å²) in [7, 11) is 1.79. The Balaban J connectivity index is 0.00000225. The normalized spacial score (nSPS) is 14.4. The number of hydrogen-bond donors (Lipinski definition) is 2. The standard InChI is InChI=1S/C18H24N6.HI/c1-13-10-14(2)24(23-13)17-9-8-15(11-20-17)12-21-18(19-3)22-16-6-4-5-7-16;/h4-5,8-11,16H,6-7,12H2,1-3H3,(H2,19,21,22);1H. The zero-order valence-electron chi connectivity index (χ0n) is 14.9. The lowest BCUT2D eigenvalue weighted by atomic mass is 10.2. The first-order valence-corrected chi connectivity index (χ1v) is 8.26. The minimum Gasteiger partial charge on any atom is -0.353 e. The van der Waals surface area contributed by atoms with Crippen molar-refractivity contribution in [1.29, 1.82) is 0 Å². The molecule has 2 N–H and O–H groups in total. The zero-order chi connectivity index (χ0) is 16.9. The number of hydrogen-bond acceptors (Lipinski definition) is 3. The Morgan fingerprint density at radius 1 is 1.28 bits per heavy atom. The van der Waals surface area contributed by atoms with Crippen LogP contribution < -0.4 is 10.6 Å². The minimum atomic E-state index is 0. The first-order valence-electron chi connectivity index (χ1n) is 8.26. The van der Waals surface area contributed by atoms with Gasteiger partial charge in [0.2, 0.25) is 0 Å². The van der Waals surface area contributed by atoms with Gasteiger partial charge in [-0.1, -0.05) is 18.2 Å². The molecule has 2 heterocycles. The lowest BCUT2D eigenvalue weighted by Crippen LogP contribution is -2.42. The molecule has 7 heteroatoms. The van der Waals surface area contributed by atoms with Crippen LogP contribution in [-0.2, 0) is 6.54 Å². The van der Waals surface area contributed by atoms with Gasteiger partial charge in [-0.15, -0.1) is 24.0 Å². The van der Waals surface area contributed by atoms with Crippen LogP contribution in [0.15, 0.2) is 41.5 Å². The van der Waals surface area contributed by atoms with E-state index in [2.05, 4.69) is 43.9 Å². The molecule has 0 fully saturated rings. The molecule has 0 amide bonds. The third-order valence-electron chi connectivity index (χ3n) is 4.07. The van der Waals surface area contributed by atoms with E-state index in [0.717, 1.165) is 41.6 Å². The predicted octanol–water partition coefficient (Wildman–Crippen LogP) is 2.89. The van der Waals surface area contributed by atoms with Crippen LogP contribution in [0.2, 0.25) is 0 Å². The van der Waals surface area contributed by atoms with Gasteiger partial charge in [0, 0.05) is 31.5 Å². The van der Waals surface area contributed by atoms with Gasteiger partial charge in [-0.3, -0.25) is 4.99 Å². The Morgan fingerprint density at radius 2 is 2.04 bits per heavy atom. The third kappa shape index (κ3) is 5.04. The number of aryl methyl sites for hydroxylation is 2. The van der Waals surface area contributed by atoms with Crippen LogP contribution in [0.4, 0.5) is 0 Å². The molecule has 0 radical (unpaired) electrons. The van der Waals surface area contributed by atoms with Crippen LogP contribution in [0.25, 0.3) is 5.82 Å². The summed E-state index contributed by atoms with van der Waals surface area (Å²) in [4.78, 5) is 8.80. The summed E-state index contributed by atoms with van der Waals surface area (Å²) >= 11 is 0. The summed E-state index contributed by atoms with van der Waals surface area (Å²) < 4.78 is 1.86. The summed E-state index contributed by atoms with van der Waals surface area (Å²) in [5.74, 6) is 1.66. The fraction of sp³-hybridized carbons (Fsp3) is 0.389. The maximum atomic E-state index is 4.52.